The topological polar surface area (TPSA) is 290 Å². The zero-order valence-electron chi connectivity index (χ0n) is 54.6. The maximum absolute atomic E-state index is 11.1. The van der Waals surface area contributed by atoms with Gasteiger partial charge in [0, 0.05) is 78.0 Å². The van der Waals surface area contributed by atoms with Gasteiger partial charge in [0.15, 0.2) is 0 Å². The molecule has 0 bridgehead atoms. The number of benzene rings is 7. The van der Waals surface area contributed by atoms with Gasteiger partial charge in [0.25, 0.3) is 18.3 Å². The number of nitro benzene ring substituents is 1. The van der Waals surface area contributed by atoms with E-state index < -0.39 is 29.4 Å². The van der Waals surface area contributed by atoms with Crippen LogP contribution in [-0.2, 0) is 116 Å². The van der Waals surface area contributed by atoms with Gasteiger partial charge >= 0.3 is 47.8 Å². The summed E-state index contributed by atoms with van der Waals surface area (Å²) in [6.45, 7) is 14.1. The number of nitro groups is 1. The lowest BCUT2D eigenvalue weighted by atomic mass is 10.1. The van der Waals surface area contributed by atoms with E-state index in [9.17, 15) is 48.5 Å². The van der Waals surface area contributed by atoms with Crippen molar-refractivity contribution in [3.05, 3.63) is 230 Å². The Labute approximate surface area is 564 Å². The summed E-state index contributed by atoms with van der Waals surface area (Å²) in [4.78, 5) is 96.6. The van der Waals surface area contributed by atoms with Crippen molar-refractivity contribution in [2.75, 3.05) is 24.7 Å². The minimum Gasteiger partial charge on any atom is -0.465 e. The molecule has 0 radical (unpaired) electrons. The monoisotopic (exact) mass is 1360 g/mol. The molecule has 0 fully saturated rings. The Bertz CT molecular complexity index is 3390. The van der Waals surface area contributed by atoms with Gasteiger partial charge in [0.05, 0.1) is 16.1 Å². The first-order chi connectivity index (χ1) is 45.9. The summed E-state index contributed by atoms with van der Waals surface area (Å²) < 4.78 is 63.5. The summed E-state index contributed by atoms with van der Waals surface area (Å²) >= 11 is 0. The van der Waals surface area contributed by atoms with E-state index in [1.807, 2.05) is 134 Å². The Morgan fingerprint density at radius 2 is 0.615 bits per heavy atom. The van der Waals surface area contributed by atoms with Crippen LogP contribution in [0, 0.1) is 17.0 Å². The molecule has 0 spiro atoms. The molecule has 0 atom stereocenters. The largest absolute Gasteiger partial charge is 0.465 e. The number of para-hydroxylation sites is 1. The third kappa shape index (κ3) is 33.4. The van der Waals surface area contributed by atoms with Crippen molar-refractivity contribution in [3.8, 4) is 23.0 Å². The SMILES string of the molecule is CC(=O)OCCSSCCOC(C)=O.CC(=O)OCc1ccc(OC(Oc2ccc(COC(C)=O)cc2)c2ccc(C)cc2)cc1.CC(=O)OCc1ccc(OC(Oc2ccc(COC(C)=O)cc2)c2ccccc2)cc1.CC(=O)OCc1cccc(COC(C)=O)c1[N+](=O)[O-]. The third-order valence-corrected chi connectivity index (χ3v) is 14.5. The molecule has 7 aromatic rings. The summed E-state index contributed by atoms with van der Waals surface area (Å²) in [5.41, 5.74) is 6.62. The van der Waals surface area contributed by atoms with Gasteiger partial charge in [-0.15, -0.1) is 0 Å². The fourth-order valence-electron chi connectivity index (χ4n) is 7.57. The molecule has 0 aliphatic rings. The first-order valence-electron chi connectivity index (χ1n) is 29.6. The van der Waals surface area contributed by atoms with Crippen LogP contribution in [0.25, 0.3) is 0 Å². The molecule has 0 aliphatic heterocycles. The second-order valence-corrected chi connectivity index (χ2v) is 22.9. The van der Waals surface area contributed by atoms with E-state index >= 15 is 0 Å². The third-order valence-electron chi connectivity index (χ3n) is 12.1. The molecule has 96 heavy (non-hydrogen) atoms. The predicted octanol–water partition coefficient (Wildman–Crippen LogP) is 13.5. The number of esters is 8. The maximum Gasteiger partial charge on any atom is 0.302 e. The molecule has 0 saturated carbocycles. The molecule has 0 heterocycles. The fourth-order valence-corrected chi connectivity index (χ4v) is 9.23. The first kappa shape index (κ1) is 78.0. The normalized spacial score (nSPS) is 10.2. The highest BCUT2D eigenvalue weighted by atomic mass is 33.1. The number of hydrogen-bond donors (Lipinski definition) is 0. The smallest absolute Gasteiger partial charge is 0.302 e. The molecule has 0 saturated heterocycles. The van der Waals surface area contributed by atoms with E-state index in [1.54, 1.807) is 51.9 Å². The van der Waals surface area contributed by atoms with E-state index in [4.69, 9.17) is 56.8 Å². The molecular formula is C71H77NO22S2. The Morgan fingerprint density at radius 3 is 0.885 bits per heavy atom. The zero-order valence-corrected chi connectivity index (χ0v) is 56.3. The Balaban J connectivity index is 0.000000286. The summed E-state index contributed by atoms with van der Waals surface area (Å²) in [6, 6.07) is 51.3. The molecule has 7 aromatic carbocycles. The zero-order chi connectivity index (χ0) is 70.2. The van der Waals surface area contributed by atoms with E-state index in [1.165, 1.54) is 67.5 Å². The number of nitrogens with zero attached hydrogens (tertiary/aromatic N) is 1. The van der Waals surface area contributed by atoms with E-state index in [2.05, 4.69) is 0 Å². The summed E-state index contributed by atoms with van der Waals surface area (Å²) in [5, 5.41) is 11.1. The van der Waals surface area contributed by atoms with Crippen molar-refractivity contribution in [3.63, 3.8) is 0 Å². The van der Waals surface area contributed by atoms with Crippen LogP contribution in [-0.4, -0.2) is 77.4 Å². The molecule has 0 aromatic heterocycles. The number of hydrogen-bond acceptors (Lipinski definition) is 24. The van der Waals surface area contributed by atoms with Gasteiger partial charge in [-0.1, -0.05) is 136 Å². The van der Waals surface area contributed by atoms with Gasteiger partial charge in [-0.2, -0.15) is 0 Å². The lowest BCUT2D eigenvalue weighted by Crippen LogP contribution is -2.15. The maximum atomic E-state index is 11.1. The van der Waals surface area contributed by atoms with Crippen LogP contribution < -0.4 is 18.9 Å². The van der Waals surface area contributed by atoms with Crippen LogP contribution in [0.5, 0.6) is 23.0 Å². The van der Waals surface area contributed by atoms with Crippen molar-refractivity contribution in [2.45, 2.75) is 115 Å². The fraction of sp³-hybridized carbons (Fsp3) is 0.296. The lowest BCUT2D eigenvalue weighted by molar-refractivity contribution is -0.386. The van der Waals surface area contributed by atoms with Gasteiger partial charge in [-0.3, -0.25) is 48.5 Å². The van der Waals surface area contributed by atoms with Gasteiger partial charge in [-0.25, -0.2) is 0 Å². The van der Waals surface area contributed by atoms with E-state index in [-0.39, 0.29) is 92.3 Å². The summed E-state index contributed by atoms with van der Waals surface area (Å²) in [6.07, 6.45) is -1.34. The van der Waals surface area contributed by atoms with Crippen molar-refractivity contribution >= 4 is 75.0 Å². The second kappa shape index (κ2) is 43.5. The van der Waals surface area contributed by atoms with Crippen molar-refractivity contribution < 1.29 is 100 Å². The molecule has 510 valence electrons. The van der Waals surface area contributed by atoms with Crippen LogP contribution in [0.3, 0.4) is 0 Å². The molecule has 0 N–H and O–H groups in total. The standard InChI is InChI=1S/C26H26O6.C25H24O6.C12H13NO6.C8H14O4S2/c1-18-4-10-23(11-5-18)26(31-24-12-6-21(7-13-24)16-29-19(2)27)32-25-14-8-22(9-15-25)17-30-20(3)28;1-18(26)28-16-20-8-12-23(13-9-20)30-25(22-6-4-3-5-7-22)31-24-14-10-21(11-15-24)17-29-19(2)27;1-8(14)18-6-10-4-3-5-11(7-19-9(2)15)12(10)13(16)17;1-7(9)11-3-5-13-14-6-4-12-8(2)10/h4-15,26H,16-17H2,1-3H3;3-15,25H,16-17H2,1-2H3;3-5H,6-7H2,1-2H3;3-6H2,1-2H3. The van der Waals surface area contributed by atoms with Crippen LogP contribution in [0.2, 0.25) is 0 Å². The highest BCUT2D eigenvalue weighted by molar-refractivity contribution is 8.76. The molecule has 0 aliphatic carbocycles. The van der Waals surface area contributed by atoms with Crippen LogP contribution >= 0.6 is 21.6 Å². The lowest BCUT2D eigenvalue weighted by Gasteiger charge is -2.21. The molecule has 7 rings (SSSR count). The highest BCUT2D eigenvalue weighted by Gasteiger charge is 2.22. The summed E-state index contributed by atoms with van der Waals surface area (Å²) in [5.74, 6) is 1.13. The molecule has 25 heteroatoms. The summed E-state index contributed by atoms with van der Waals surface area (Å²) in [7, 11) is 3.19. The number of carbonyl (C=O) groups is 8. The average molecular weight is 1360 g/mol. The molecule has 23 nitrogen and oxygen atoms in total. The molecular weight excluding hydrogens is 1280 g/mol. The Kier molecular flexibility index (Phi) is 35.4. The van der Waals surface area contributed by atoms with Crippen LogP contribution in [0.1, 0.15) is 118 Å². The van der Waals surface area contributed by atoms with Gasteiger partial charge in [0.2, 0.25) is 0 Å². The van der Waals surface area contributed by atoms with Crippen LogP contribution in [0.15, 0.2) is 170 Å². The predicted molar refractivity (Wildman–Crippen MR) is 355 cm³/mol. The van der Waals surface area contributed by atoms with Crippen molar-refractivity contribution in [2.24, 2.45) is 0 Å². The average Bonchev–Trinajstić information content (AvgIpc) is 0.913. The van der Waals surface area contributed by atoms with Crippen molar-refractivity contribution in [1.29, 1.82) is 0 Å². The van der Waals surface area contributed by atoms with Crippen molar-refractivity contribution in [1.82, 2.24) is 0 Å². The van der Waals surface area contributed by atoms with Gasteiger partial charge < -0.3 is 56.8 Å². The quantitative estimate of drug-likeness (QED) is 0.00768. The van der Waals surface area contributed by atoms with E-state index in [0.29, 0.717) is 36.2 Å². The molecule has 0 unspecified atom stereocenters. The number of aryl methyl sites for hydroxylation is 1. The number of carbonyl (C=O) groups excluding carboxylic acids is 8. The number of rotatable bonds is 30. The minimum absolute atomic E-state index is 0.195. The Morgan fingerprint density at radius 1 is 0.344 bits per heavy atom. The van der Waals surface area contributed by atoms with E-state index in [0.717, 1.165) is 50.4 Å². The minimum atomic E-state index is -0.672. The Hall–Kier alpha value is -10.4. The van der Waals surface area contributed by atoms with Gasteiger partial charge in [-0.05, 0) is 89.8 Å². The second-order valence-electron chi connectivity index (χ2n) is 20.2. The van der Waals surface area contributed by atoms with Crippen LogP contribution in [0.4, 0.5) is 5.69 Å². The first-order valence-corrected chi connectivity index (χ1v) is 32.1. The number of ether oxygens (including phenoxy) is 12. The highest BCUT2D eigenvalue weighted by Crippen LogP contribution is 2.30. The molecule has 0 amide bonds. The van der Waals surface area contributed by atoms with Gasteiger partial charge in [0.1, 0.15) is 75.9 Å².